The van der Waals surface area contributed by atoms with E-state index in [9.17, 15) is 8.42 Å². The number of rotatable bonds is 6. The lowest BCUT2D eigenvalue weighted by atomic mass is 9.92. The fraction of sp³-hybridized carbons (Fsp3) is 0.571. The summed E-state index contributed by atoms with van der Waals surface area (Å²) in [5, 5.41) is 3.37. The van der Waals surface area contributed by atoms with Crippen LogP contribution < -0.4 is 15.8 Å². The van der Waals surface area contributed by atoms with Gasteiger partial charge in [0.1, 0.15) is 4.90 Å². The highest BCUT2D eigenvalue weighted by atomic mass is 32.2. The van der Waals surface area contributed by atoms with Crippen LogP contribution in [0.5, 0.6) is 0 Å². The minimum atomic E-state index is -3.49. The highest BCUT2D eigenvalue weighted by Gasteiger charge is 2.44. The maximum Gasteiger partial charge on any atom is 0.242 e. The fourth-order valence-corrected chi connectivity index (χ4v) is 3.25. The first-order valence-corrected chi connectivity index (χ1v) is 8.36. The van der Waals surface area contributed by atoms with Gasteiger partial charge in [0.25, 0.3) is 0 Å². The van der Waals surface area contributed by atoms with Gasteiger partial charge in [0.05, 0.1) is 5.69 Å². The number of anilines is 2. The zero-order valence-corrected chi connectivity index (χ0v) is 13.0. The predicted octanol–water partition coefficient (Wildman–Crippen LogP) is 2.02. The van der Waals surface area contributed by atoms with Crippen LogP contribution in [0.25, 0.3) is 0 Å². The molecule has 0 radical (unpaired) electrons. The van der Waals surface area contributed by atoms with Gasteiger partial charge in [0.2, 0.25) is 10.0 Å². The molecular formula is C14H23N3O2S. The Morgan fingerprint density at radius 2 is 2.00 bits per heavy atom. The Bertz CT molecular complexity index is 592. The Labute approximate surface area is 121 Å². The summed E-state index contributed by atoms with van der Waals surface area (Å²) in [5.41, 5.74) is 7.36. The van der Waals surface area contributed by atoms with Crippen molar-refractivity contribution in [3.05, 3.63) is 18.2 Å². The molecule has 1 fully saturated rings. The van der Waals surface area contributed by atoms with Crippen LogP contribution in [0.15, 0.2) is 23.1 Å². The molecule has 6 heteroatoms. The second kappa shape index (κ2) is 5.26. The Kier molecular flexibility index (Phi) is 3.97. The number of nitrogens with one attached hydrogen (secondary N) is 2. The zero-order valence-electron chi connectivity index (χ0n) is 12.2. The fourth-order valence-electron chi connectivity index (χ4n) is 2.41. The van der Waals surface area contributed by atoms with Crippen LogP contribution in [0.3, 0.4) is 0 Å². The molecule has 0 aliphatic heterocycles. The van der Waals surface area contributed by atoms with Crippen molar-refractivity contribution in [2.75, 3.05) is 24.6 Å². The standard InChI is InChI=1S/C14H23N3O2S/c1-10(2)14(6-7-14)9-17-11-4-5-13(12(15)8-11)20(18,19)16-3/h4-5,8,10,16-17H,6-7,9,15H2,1-3H3. The topological polar surface area (TPSA) is 84.2 Å². The minimum Gasteiger partial charge on any atom is -0.398 e. The molecule has 1 aliphatic rings. The van der Waals surface area contributed by atoms with Gasteiger partial charge in [-0.3, -0.25) is 0 Å². The van der Waals surface area contributed by atoms with Crippen molar-refractivity contribution >= 4 is 21.4 Å². The number of benzene rings is 1. The van der Waals surface area contributed by atoms with Crippen molar-refractivity contribution in [1.29, 1.82) is 0 Å². The van der Waals surface area contributed by atoms with Gasteiger partial charge in [-0.05, 0) is 49.4 Å². The number of nitrogens with two attached hydrogens (primary N) is 1. The SMILES string of the molecule is CNS(=O)(=O)c1ccc(NCC2(C(C)C)CC2)cc1N. The minimum absolute atomic E-state index is 0.121. The van der Waals surface area contributed by atoms with Crippen LogP contribution in [0.2, 0.25) is 0 Å². The second-order valence-corrected chi connectivity index (χ2v) is 7.69. The summed E-state index contributed by atoms with van der Waals surface area (Å²) in [7, 11) is -2.12. The van der Waals surface area contributed by atoms with Crippen molar-refractivity contribution in [2.24, 2.45) is 11.3 Å². The molecule has 0 spiro atoms. The molecule has 0 aromatic heterocycles. The van der Waals surface area contributed by atoms with Crippen molar-refractivity contribution in [3.63, 3.8) is 0 Å². The van der Waals surface area contributed by atoms with E-state index in [1.54, 1.807) is 18.2 Å². The molecule has 0 bridgehead atoms. The van der Waals surface area contributed by atoms with Crippen LogP contribution in [0, 0.1) is 11.3 Å². The Hall–Kier alpha value is -1.27. The van der Waals surface area contributed by atoms with Gasteiger partial charge in [-0.2, -0.15) is 0 Å². The van der Waals surface area contributed by atoms with Crippen LogP contribution in [0.1, 0.15) is 26.7 Å². The van der Waals surface area contributed by atoms with Crippen LogP contribution in [-0.4, -0.2) is 22.0 Å². The molecule has 2 rings (SSSR count). The average Bonchev–Trinajstić information content (AvgIpc) is 3.17. The highest BCUT2D eigenvalue weighted by Crippen LogP contribution is 2.51. The van der Waals surface area contributed by atoms with Gasteiger partial charge in [-0.15, -0.1) is 0 Å². The largest absolute Gasteiger partial charge is 0.398 e. The van der Waals surface area contributed by atoms with E-state index >= 15 is 0 Å². The molecule has 0 unspecified atom stereocenters. The number of sulfonamides is 1. The Morgan fingerprint density at radius 1 is 1.35 bits per heavy atom. The summed E-state index contributed by atoms with van der Waals surface area (Å²) < 4.78 is 25.7. The highest BCUT2D eigenvalue weighted by molar-refractivity contribution is 7.89. The molecular weight excluding hydrogens is 274 g/mol. The van der Waals surface area contributed by atoms with Crippen molar-refractivity contribution in [3.8, 4) is 0 Å². The van der Waals surface area contributed by atoms with E-state index in [1.807, 2.05) is 0 Å². The van der Waals surface area contributed by atoms with Gasteiger partial charge in [-0.1, -0.05) is 13.8 Å². The molecule has 0 heterocycles. The summed E-state index contributed by atoms with van der Waals surface area (Å²) in [5.74, 6) is 0.649. The van der Waals surface area contributed by atoms with E-state index < -0.39 is 10.0 Å². The molecule has 0 amide bonds. The lowest BCUT2D eigenvalue weighted by Gasteiger charge is -2.21. The average molecular weight is 297 g/mol. The molecule has 0 saturated heterocycles. The molecule has 112 valence electrons. The molecule has 20 heavy (non-hydrogen) atoms. The predicted molar refractivity (Wildman–Crippen MR) is 82.1 cm³/mol. The number of nitrogen functional groups attached to an aromatic ring is 1. The Balaban J connectivity index is 2.11. The van der Waals surface area contributed by atoms with Crippen molar-refractivity contribution < 1.29 is 8.42 Å². The van der Waals surface area contributed by atoms with Crippen LogP contribution in [-0.2, 0) is 10.0 Å². The molecule has 5 nitrogen and oxygen atoms in total. The van der Waals surface area contributed by atoms with Crippen LogP contribution in [0.4, 0.5) is 11.4 Å². The smallest absolute Gasteiger partial charge is 0.242 e. The Morgan fingerprint density at radius 3 is 2.45 bits per heavy atom. The third-order valence-electron chi connectivity index (χ3n) is 4.33. The van der Waals surface area contributed by atoms with Gasteiger partial charge in [-0.25, -0.2) is 13.1 Å². The van der Waals surface area contributed by atoms with E-state index in [-0.39, 0.29) is 10.6 Å². The number of hydrogen-bond acceptors (Lipinski definition) is 4. The van der Waals surface area contributed by atoms with Crippen LogP contribution >= 0.6 is 0 Å². The second-order valence-electron chi connectivity index (χ2n) is 5.83. The molecule has 1 aromatic carbocycles. The van der Waals surface area contributed by atoms with E-state index in [0.717, 1.165) is 12.2 Å². The summed E-state index contributed by atoms with van der Waals surface area (Å²) >= 11 is 0. The maximum absolute atomic E-state index is 11.7. The molecule has 0 atom stereocenters. The van der Waals surface area contributed by atoms with E-state index in [1.165, 1.54) is 19.9 Å². The lowest BCUT2D eigenvalue weighted by Crippen LogP contribution is -2.22. The summed E-state index contributed by atoms with van der Waals surface area (Å²) in [4.78, 5) is 0.121. The third-order valence-corrected chi connectivity index (χ3v) is 5.82. The first kappa shape index (κ1) is 15.1. The summed E-state index contributed by atoms with van der Waals surface area (Å²) in [6.07, 6.45) is 2.50. The van der Waals surface area contributed by atoms with E-state index in [2.05, 4.69) is 23.9 Å². The first-order chi connectivity index (χ1) is 9.31. The zero-order chi connectivity index (χ0) is 15.0. The molecule has 4 N–H and O–H groups in total. The van der Waals surface area contributed by atoms with Gasteiger partial charge in [0.15, 0.2) is 0 Å². The normalized spacial score (nSPS) is 17.2. The quantitative estimate of drug-likeness (QED) is 0.701. The maximum atomic E-state index is 11.7. The van der Waals surface area contributed by atoms with Gasteiger partial charge >= 0.3 is 0 Å². The van der Waals surface area contributed by atoms with E-state index in [0.29, 0.717) is 11.3 Å². The van der Waals surface area contributed by atoms with Gasteiger partial charge < -0.3 is 11.1 Å². The van der Waals surface area contributed by atoms with Gasteiger partial charge in [0, 0.05) is 12.2 Å². The summed E-state index contributed by atoms with van der Waals surface area (Å²) in [6, 6.07) is 4.98. The van der Waals surface area contributed by atoms with Crippen molar-refractivity contribution in [1.82, 2.24) is 4.72 Å². The monoisotopic (exact) mass is 297 g/mol. The number of hydrogen-bond donors (Lipinski definition) is 3. The summed E-state index contributed by atoms with van der Waals surface area (Å²) in [6.45, 7) is 5.39. The third kappa shape index (κ3) is 2.91. The molecule has 1 aliphatic carbocycles. The van der Waals surface area contributed by atoms with E-state index in [4.69, 9.17) is 5.73 Å². The first-order valence-electron chi connectivity index (χ1n) is 6.88. The lowest BCUT2D eigenvalue weighted by molar-refractivity contribution is 0.380. The molecule has 1 saturated carbocycles. The van der Waals surface area contributed by atoms with Crippen molar-refractivity contribution in [2.45, 2.75) is 31.6 Å². The molecule has 1 aromatic rings.